The molecule has 0 saturated carbocycles. The molecule has 0 unspecified atom stereocenters. The van der Waals surface area contributed by atoms with Crippen molar-refractivity contribution < 1.29 is 9.67 Å². The van der Waals surface area contributed by atoms with Crippen molar-refractivity contribution in [1.29, 1.82) is 0 Å². The number of hydrogen-bond acceptors (Lipinski definition) is 1. The van der Waals surface area contributed by atoms with Crippen LogP contribution in [0.25, 0.3) is 0 Å². The maximum Gasteiger partial charge on any atom is 0.211 e. The molecule has 0 aliphatic rings. The molecule has 2 heteroatoms. The maximum absolute atomic E-state index is 9.22. The number of nitrogens with zero attached hydrogens (tertiary/aromatic N) is 1. The van der Waals surface area contributed by atoms with Gasteiger partial charge in [-0.15, -0.1) is 0 Å². The molecular formula is C9H14NO+. The minimum absolute atomic E-state index is 0.332. The molecule has 1 aromatic rings. The van der Waals surface area contributed by atoms with Crippen LogP contribution in [0.4, 0.5) is 0 Å². The predicted octanol–water partition coefficient (Wildman–Crippen LogP) is 1.57. The average molecular weight is 152 g/mol. The normalized spacial score (nSPS) is 10.5. The Bertz CT molecular complexity index is 235. The third-order valence-electron chi connectivity index (χ3n) is 1.61. The second kappa shape index (κ2) is 2.91. The zero-order valence-electron chi connectivity index (χ0n) is 7.20. The van der Waals surface area contributed by atoms with Gasteiger partial charge in [-0.1, -0.05) is 0 Å². The van der Waals surface area contributed by atoms with Crippen molar-refractivity contribution in [3.63, 3.8) is 0 Å². The van der Waals surface area contributed by atoms with Gasteiger partial charge in [0.15, 0.2) is 18.0 Å². The summed E-state index contributed by atoms with van der Waals surface area (Å²) in [7, 11) is 0. The van der Waals surface area contributed by atoms with Crippen LogP contribution in [0, 0.1) is 6.92 Å². The van der Waals surface area contributed by atoms with Gasteiger partial charge in [-0.05, 0) is 26.8 Å². The first kappa shape index (κ1) is 8.05. The first-order valence-corrected chi connectivity index (χ1v) is 3.81. The molecule has 60 valence electrons. The van der Waals surface area contributed by atoms with Crippen molar-refractivity contribution in [2.75, 3.05) is 0 Å². The summed E-state index contributed by atoms with van der Waals surface area (Å²) in [5, 5.41) is 9.22. The van der Waals surface area contributed by atoms with Gasteiger partial charge in [0.05, 0.1) is 0 Å². The van der Waals surface area contributed by atoms with E-state index in [-0.39, 0.29) is 0 Å². The van der Waals surface area contributed by atoms with Crippen LogP contribution >= 0.6 is 0 Å². The highest BCUT2D eigenvalue weighted by molar-refractivity contribution is 5.17. The molecule has 0 atom stereocenters. The monoisotopic (exact) mass is 152 g/mol. The van der Waals surface area contributed by atoms with Gasteiger partial charge in [-0.2, -0.15) is 4.57 Å². The van der Waals surface area contributed by atoms with E-state index in [1.807, 2.05) is 17.7 Å². The van der Waals surface area contributed by atoms with Gasteiger partial charge < -0.3 is 5.11 Å². The molecule has 0 radical (unpaired) electrons. The van der Waals surface area contributed by atoms with Crippen LogP contribution in [0.1, 0.15) is 25.5 Å². The van der Waals surface area contributed by atoms with Crippen LogP contribution in [-0.4, -0.2) is 5.11 Å². The first-order valence-electron chi connectivity index (χ1n) is 3.81. The predicted molar refractivity (Wildman–Crippen MR) is 43.4 cm³/mol. The molecule has 0 fully saturated rings. The third-order valence-corrected chi connectivity index (χ3v) is 1.61. The van der Waals surface area contributed by atoms with Gasteiger partial charge in [-0.25, -0.2) is 0 Å². The van der Waals surface area contributed by atoms with Crippen molar-refractivity contribution in [3.05, 3.63) is 24.0 Å². The van der Waals surface area contributed by atoms with E-state index in [1.54, 1.807) is 12.3 Å². The molecule has 0 amide bonds. The Morgan fingerprint density at radius 1 is 1.36 bits per heavy atom. The Balaban J connectivity index is 3.08. The molecule has 0 spiro atoms. The lowest BCUT2D eigenvalue weighted by molar-refractivity contribution is -0.716. The summed E-state index contributed by atoms with van der Waals surface area (Å²) in [6.07, 6.45) is 3.75. The fourth-order valence-corrected chi connectivity index (χ4v) is 1.03. The largest absolute Gasteiger partial charge is 0.503 e. The molecule has 0 aliphatic heterocycles. The summed E-state index contributed by atoms with van der Waals surface area (Å²) >= 11 is 0. The fourth-order valence-electron chi connectivity index (χ4n) is 1.03. The SMILES string of the molecule is Cc1cc(O)c[n+](C(C)C)c1. The average Bonchev–Trinajstić information content (AvgIpc) is 1.85. The van der Waals surface area contributed by atoms with Gasteiger partial charge in [0.25, 0.3) is 0 Å². The van der Waals surface area contributed by atoms with Gasteiger partial charge in [-0.3, -0.25) is 0 Å². The summed E-state index contributed by atoms with van der Waals surface area (Å²) in [6.45, 7) is 6.14. The van der Waals surface area contributed by atoms with Crippen LogP contribution in [0.5, 0.6) is 5.75 Å². The van der Waals surface area contributed by atoms with Crippen molar-refractivity contribution in [2.45, 2.75) is 26.8 Å². The topological polar surface area (TPSA) is 24.1 Å². The highest BCUT2D eigenvalue weighted by Crippen LogP contribution is 2.07. The summed E-state index contributed by atoms with van der Waals surface area (Å²) in [5.74, 6) is 0.332. The van der Waals surface area contributed by atoms with Crippen molar-refractivity contribution >= 4 is 0 Å². The van der Waals surface area contributed by atoms with Crippen LogP contribution < -0.4 is 4.57 Å². The third kappa shape index (κ3) is 1.93. The van der Waals surface area contributed by atoms with E-state index >= 15 is 0 Å². The Morgan fingerprint density at radius 3 is 2.45 bits per heavy atom. The van der Waals surface area contributed by atoms with Crippen LogP contribution in [0.15, 0.2) is 18.5 Å². The van der Waals surface area contributed by atoms with Crippen molar-refractivity contribution in [3.8, 4) is 5.75 Å². The fraction of sp³-hybridized carbons (Fsp3) is 0.444. The van der Waals surface area contributed by atoms with Gasteiger partial charge in [0.2, 0.25) is 6.20 Å². The smallest absolute Gasteiger partial charge is 0.211 e. The number of aryl methyl sites for hydroxylation is 1. The Labute approximate surface area is 67.1 Å². The first-order chi connectivity index (χ1) is 5.09. The second-order valence-corrected chi connectivity index (χ2v) is 3.11. The van der Waals surface area contributed by atoms with Gasteiger partial charge in [0, 0.05) is 5.56 Å². The highest BCUT2D eigenvalue weighted by atomic mass is 16.3. The Kier molecular flexibility index (Phi) is 2.13. The van der Waals surface area contributed by atoms with E-state index in [0.29, 0.717) is 11.8 Å². The molecule has 1 N–H and O–H groups in total. The standard InChI is InChI=1S/C9H13NO/c1-7(2)10-5-8(3)4-9(11)6-10/h4-7H,1-3H3/p+1. The summed E-state index contributed by atoms with van der Waals surface area (Å²) in [5.41, 5.74) is 1.08. The van der Waals surface area contributed by atoms with Gasteiger partial charge >= 0.3 is 0 Å². The van der Waals surface area contributed by atoms with E-state index < -0.39 is 0 Å². The minimum Gasteiger partial charge on any atom is -0.503 e. The highest BCUT2D eigenvalue weighted by Gasteiger charge is 2.07. The van der Waals surface area contributed by atoms with Crippen molar-refractivity contribution in [2.24, 2.45) is 0 Å². The molecule has 0 aliphatic carbocycles. The molecule has 1 heterocycles. The van der Waals surface area contributed by atoms with E-state index in [0.717, 1.165) is 5.56 Å². The summed E-state index contributed by atoms with van der Waals surface area (Å²) in [4.78, 5) is 0. The van der Waals surface area contributed by atoms with E-state index in [9.17, 15) is 5.11 Å². The number of rotatable bonds is 1. The lowest BCUT2D eigenvalue weighted by Gasteiger charge is -2.00. The zero-order valence-corrected chi connectivity index (χ0v) is 7.20. The molecule has 1 rings (SSSR count). The summed E-state index contributed by atoms with van der Waals surface area (Å²) in [6, 6.07) is 2.15. The van der Waals surface area contributed by atoms with E-state index in [1.165, 1.54) is 0 Å². The van der Waals surface area contributed by atoms with Crippen LogP contribution in [0.3, 0.4) is 0 Å². The number of aromatic hydroxyl groups is 1. The van der Waals surface area contributed by atoms with Crippen molar-refractivity contribution in [1.82, 2.24) is 0 Å². The van der Waals surface area contributed by atoms with E-state index in [4.69, 9.17) is 0 Å². The molecule has 2 nitrogen and oxygen atoms in total. The Hall–Kier alpha value is -1.05. The molecule has 1 aromatic heterocycles. The number of hydrogen-bond donors (Lipinski definition) is 1. The molecule has 0 saturated heterocycles. The second-order valence-electron chi connectivity index (χ2n) is 3.11. The summed E-state index contributed by atoms with van der Waals surface area (Å²) < 4.78 is 1.99. The number of pyridine rings is 1. The molecule has 11 heavy (non-hydrogen) atoms. The minimum atomic E-state index is 0.332. The Morgan fingerprint density at radius 2 is 2.00 bits per heavy atom. The number of aromatic nitrogens is 1. The lowest BCUT2D eigenvalue weighted by Crippen LogP contribution is -2.35. The maximum atomic E-state index is 9.22. The van der Waals surface area contributed by atoms with Gasteiger partial charge in [0.1, 0.15) is 0 Å². The lowest BCUT2D eigenvalue weighted by atomic mass is 10.3. The van der Waals surface area contributed by atoms with Crippen LogP contribution in [-0.2, 0) is 0 Å². The molecular weight excluding hydrogens is 138 g/mol. The zero-order chi connectivity index (χ0) is 8.43. The van der Waals surface area contributed by atoms with Crippen LogP contribution in [0.2, 0.25) is 0 Å². The molecule has 0 bridgehead atoms. The van der Waals surface area contributed by atoms with E-state index in [2.05, 4.69) is 13.8 Å². The molecule has 0 aromatic carbocycles. The quantitative estimate of drug-likeness (QED) is 0.607.